The number of hydrogen-bond acceptors (Lipinski definition) is 8. The van der Waals surface area contributed by atoms with Gasteiger partial charge in [-0.1, -0.05) is 17.3 Å². The van der Waals surface area contributed by atoms with E-state index in [0.717, 1.165) is 55.6 Å². The maximum atomic E-state index is 11.5. The van der Waals surface area contributed by atoms with Crippen molar-refractivity contribution < 1.29 is 38.6 Å². The van der Waals surface area contributed by atoms with Crippen LogP contribution in [0.2, 0.25) is 0 Å². The number of aromatic nitrogens is 1. The zero-order valence-corrected chi connectivity index (χ0v) is 21.5. The van der Waals surface area contributed by atoms with Gasteiger partial charge < -0.3 is 29.1 Å². The van der Waals surface area contributed by atoms with Gasteiger partial charge in [-0.25, -0.2) is 9.59 Å². The first-order valence-electron chi connectivity index (χ1n) is 12.3. The van der Waals surface area contributed by atoms with Gasteiger partial charge in [0.2, 0.25) is 0 Å². The van der Waals surface area contributed by atoms with E-state index in [1.807, 2.05) is 24.3 Å². The van der Waals surface area contributed by atoms with Crippen molar-refractivity contribution in [3.05, 3.63) is 65.9 Å². The Morgan fingerprint density at radius 3 is 2.37 bits per heavy atom. The standard InChI is InChI=1S/C24H28N2O4.C4H4O4/c1-17(27)19-8-9-22(23(16-19)28-2)29-15-5-12-26-13-10-18(11-14-26)24-20-6-3-4-7-21(20)30-25-24;5-3(6)1-2-4(7)8/h3-4,6-9,16,18H,5,10-15H2,1-2H3;1-2H,(H,5,6)(H,7,8). The zero-order valence-electron chi connectivity index (χ0n) is 21.5. The minimum absolute atomic E-state index is 0.0156. The van der Waals surface area contributed by atoms with Gasteiger partial charge in [0.15, 0.2) is 22.9 Å². The summed E-state index contributed by atoms with van der Waals surface area (Å²) in [5, 5.41) is 21.1. The van der Waals surface area contributed by atoms with Crippen LogP contribution < -0.4 is 9.47 Å². The average Bonchev–Trinajstić information content (AvgIpc) is 3.35. The fourth-order valence-corrected chi connectivity index (χ4v) is 4.25. The first-order valence-corrected chi connectivity index (χ1v) is 12.3. The third kappa shape index (κ3) is 8.17. The highest BCUT2D eigenvalue weighted by Crippen LogP contribution is 2.32. The number of carbonyl (C=O) groups excluding carboxylic acids is 1. The summed E-state index contributed by atoms with van der Waals surface area (Å²) in [5.41, 5.74) is 2.61. The molecule has 2 N–H and O–H groups in total. The molecule has 0 bridgehead atoms. The molecule has 0 radical (unpaired) electrons. The second-order valence-corrected chi connectivity index (χ2v) is 8.81. The average molecular weight is 525 g/mol. The van der Waals surface area contributed by atoms with Crippen LogP contribution in [0.5, 0.6) is 11.5 Å². The summed E-state index contributed by atoms with van der Waals surface area (Å²) >= 11 is 0. The van der Waals surface area contributed by atoms with E-state index in [1.54, 1.807) is 26.2 Å². The second kappa shape index (κ2) is 13.9. The Morgan fingerprint density at radius 1 is 1.05 bits per heavy atom. The molecule has 0 atom stereocenters. The van der Waals surface area contributed by atoms with Gasteiger partial charge in [0.1, 0.15) is 0 Å². The Morgan fingerprint density at radius 2 is 1.74 bits per heavy atom. The van der Waals surface area contributed by atoms with Crippen LogP contribution in [0.3, 0.4) is 0 Å². The van der Waals surface area contributed by atoms with Crippen LogP contribution in [0, 0.1) is 0 Å². The van der Waals surface area contributed by atoms with Gasteiger partial charge in [0, 0.05) is 35.6 Å². The van der Waals surface area contributed by atoms with E-state index in [-0.39, 0.29) is 5.78 Å². The maximum Gasteiger partial charge on any atom is 0.328 e. The van der Waals surface area contributed by atoms with Crippen molar-refractivity contribution in [3.8, 4) is 11.5 Å². The van der Waals surface area contributed by atoms with Crippen LogP contribution in [0.1, 0.15) is 48.2 Å². The number of ketones is 1. The highest BCUT2D eigenvalue weighted by molar-refractivity contribution is 5.94. The van der Waals surface area contributed by atoms with Crippen molar-refractivity contribution in [2.24, 2.45) is 0 Å². The number of methoxy groups -OCH3 is 1. The number of piperidine rings is 1. The maximum absolute atomic E-state index is 11.5. The molecule has 0 saturated carbocycles. The number of aliphatic carboxylic acids is 2. The van der Waals surface area contributed by atoms with Crippen LogP contribution in [-0.4, -0.2) is 71.3 Å². The Bertz CT molecular complexity index is 1260. The number of Topliss-reactive ketones (excluding diaryl/α,β-unsaturated/α-hetero) is 1. The summed E-state index contributed by atoms with van der Waals surface area (Å²) in [6, 6.07) is 13.4. The van der Waals surface area contributed by atoms with Crippen LogP contribution in [0.4, 0.5) is 0 Å². The third-order valence-corrected chi connectivity index (χ3v) is 6.19. The molecule has 4 rings (SSSR count). The number of carboxylic acids is 2. The molecule has 1 saturated heterocycles. The molecule has 1 aliphatic rings. The first-order chi connectivity index (χ1) is 18.3. The fourth-order valence-electron chi connectivity index (χ4n) is 4.25. The number of carboxylic acid groups (broad SMARTS) is 2. The van der Waals surface area contributed by atoms with Crippen molar-refractivity contribution in [2.75, 3.05) is 33.4 Å². The van der Waals surface area contributed by atoms with Crippen LogP contribution in [0.25, 0.3) is 11.0 Å². The van der Waals surface area contributed by atoms with Gasteiger partial charge >= 0.3 is 11.9 Å². The van der Waals surface area contributed by atoms with Crippen LogP contribution in [-0.2, 0) is 9.59 Å². The largest absolute Gasteiger partial charge is 0.493 e. The molecule has 0 unspecified atom stereocenters. The lowest BCUT2D eigenvalue weighted by molar-refractivity contribution is -0.134. The highest BCUT2D eigenvalue weighted by atomic mass is 16.5. The fraction of sp³-hybridized carbons (Fsp3) is 0.357. The van der Waals surface area contributed by atoms with Crippen molar-refractivity contribution in [2.45, 2.75) is 32.1 Å². The number of hydrogen-bond donors (Lipinski definition) is 2. The smallest absolute Gasteiger partial charge is 0.328 e. The van der Waals surface area contributed by atoms with Crippen LogP contribution in [0.15, 0.2) is 59.1 Å². The van der Waals surface area contributed by atoms with E-state index in [1.165, 1.54) is 0 Å². The summed E-state index contributed by atoms with van der Waals surface area (Å²) < 4.78 is 16.7. The van der Waals surface area contributed by atoms with Crippen LogP contribution >= 0.6 is 0 Å². The summed E-state index contributed by atoms with van der Waals surface area (Å²) in [7, 11) is 1.59. The Balaban J connectivity index is 0.000000436. The molecule has 2 heterocycles. The number of carbonyl (C=O) groups is 3. The molecule has 2 aromatic carbocycles. The molecule has 0 amide bonds. The number of nitrogens with zero attached hydrogens (tertiary/aromatic N) is 2. The summed E-state index contributed by atoms with van der Waals surface area (Å²) in [5.74, 6) is -0.755. The van der Waals surface area contributed by atoms with Gasteiger partial charge in [-0.05, 0) is 69.6 Å². The SMILES string of the molecule is COc1cc(C(C)=O)ccc1OCCCN1CCC(c2noc3ccccc23)CC1.O=C(O)C=CC(=O)O. The molecule has 10 heteroatoms. The zero-order chi connectivity index (χ0) is 27.5. The number of ether oxygens (including phenoxy) is 2. The quantitative estimate of drug-likeness (QED) is 0.223. The van der Waals surface area contributed by atoms with Crippen molar-refractivity contribution in [1.29, 1.82) is 0 Å². The van der Waals surface area contributed by atoms with Gasteiger partial charge in [0.05, 0.1) is 19.4 Å². The Hall–Kier alpha value is -4.18. The minimum atomic E-state index is -1.26. The molecule has 38 heavy (non-hydrogen) atoms. The molecular formula is C28H32N2O8. The molecule has 202 valence electrons. The van der Waals surface area contributed by atoms with E-state index in [9.17, 15) is 14.4 Å². The topological polar surface area (TPSA) is 139 Å². The predicted octanol–water partition coefficient (Wildman–Crippen LogP) is 4.40. The summed E-state index contributed by atoms with van der Waals surface area (Å²) in [6.07, 6.45) is 4.25. The van der Waals surface area contributed by atoms with Gasteiger partial charge in [-0.2, -0.15) is 0 Å². The number of rotatable bonds is 10. The third-order valence-electron chi connectivity index (χ3n) is 6.19. The van der Waals surface area contributed by atoms with E-state index >= 15 is 0 Å². The predicted molar refractivity (Wildman–Crippen MR) is 140 cm³/mol. The number of para-hydroxylation sites is 1. The van der Waals surface area contributed by atoms with E-state index in [0.29, 0.717) is 41.7 Å². The summed E-state index contributed by atoms with van der Waals surface area (Å²) in [6.45, 7) is 5.28. The highest BCUT2D eigenvalue weighted by Gasteiger charge is 2.24. The molecule has 1 fully saturated rings. The van der Waals surface area contributed by atoms with Gasteiger partial charge in [-0.15, -0.1) is 0 Å². The van der Waals surface area contributed by atoms with Gasteiger partial charge in [0.25, 0.3) is 0 Å². The lowest BCUT2D eigenvalue weighted by atomic mass is 9.91. The Labute approximate surface area is 220 Å². The Kier molecular flexibility index (Phi) is 10.4. The number of benzene rings is 2. The van der Waals surface area contributed by atoms with Crippen molar-refractivity contribution in [3.63, 3.8) is 0 Å². The lowest BCUT2D eigenvalue weighted by Crippen LogP contribution is -2.34. The number of likely N-dealkylation sites (tertiary alicyclic amines) is 1. The first kappa shape index (κ1) is 28.4. The van der Waals surface area contributed by atoms with E-state index in [4.69, 9.17) is 24.2 Å². The summed E-state index contributed by atoms with van der Waals surface area (Å²) in [4.78, 5) is 33.1. The van der Waals surface area contributed by atoms with E-state index in [2.05, 4.69) is 16.1 Å². The number of fused-ring (bicyclic) bond motifs is 1. The molecule has 3 aromatic rings. The monoisotopic (exact) mass is 524 g/mol. The molecule has 0 aliphatic carbocycles. The van der Waals surface area contributed by atoms with Crippen molar-refractivity contribution in [1.82, 2.24) is 10.1 Å². The molecule has 10 nitrogen and oxygen atoms in total. The molecule has 0 spiro atoms. The van der Waals surface area contributed by atoms with Gasteiger partial charge in [-0.3, -0.25) is 4.79 Å². The molecule has 1 aliphatic heterocycles. The lowest BCUT2D eigenvalue weighted by Gasteiger charge is -2.31. The molecule has 1 aromatic heterocycles. The normalized spacial score (nSPS) is 14.2. The van der Waals surface area contributed by atoms with Crippen molar-refractivity contribution >= 4 is 28.7 Å². The molecular weight excluding hydrogens is 492 g/mol. The minimum Gasteiger partial charge on any atom is -0.493 e. The second-order valence-electron chi connectivity index (χ2n) is 8.81. The van der Waals surface area contributed by atoms with E-state index < -0.39 is 11.9 Å².